The lowest BCUT2D eigenvalue weighted by Gasteiger charge is -2.03. The number of nitrogens with zero attached hydrogens (tertiary/aromatic N) is 1. The molecule has 1 amide bonds. The highest BCUT2D eigenvalue weighted by Crippen LogP contribution is 2.34. The molecule has 23 heavy (non-hydrogen) atoms. The molecule has 0 unspecified atom stereocenters. The maximum atomic E-state index is 12.3. The molecule has 2 aromatic heterocycles. The van der Waals surface area contributed by atoms with Crippen molar-refractivity contribution in [3.05, 3.63) is 45.6 Å². The van der Waals surface area contributed by atoms with Crippen LogP contribution in [0.2, 0.25) is 4.34 Å². The van der Waals surface area contributed by atoms with Crippen molar-refractivity contribution < 1.29 is 14.3 Å². The highest BCUT2D eigenvalue weighted by molar-refractivity contribution is 7.20. The second-order valence-corrected chi connectivity index (χ2v) is 7.24. The predicted octanol–water partition coefficient (Wildman–Crippen LogP) is 4.51. The predicted molar refractivity (Wildman–Crippen MR) is 91.0 cm³/mol. The molecule has 0 atom stereocenters. The van der Waals surface area contributed by atoms with E-state index in [4.69, 9.17) is 21.1 Å². The zero-order valence-corrected chi connectivity index (χ0v) is 13.9. The summed E-state index contributed by atoms with van der Waals surface area (Å²) in [5, 5.41) is 5.21. The summed E-state index contributed by atoms with van der Waals surface area (Å²) in [7, 11) is 0. The lowest BCUT2D eigenvalue weighted by molar-refractivity contribution is 0.102. The van der Waals surface area contributed by atoms with Gasteiger partial charge >= 0.3 is 0 Å². The van der Waals surface area contributed by atoms with E-state index in [1.54, 1.807) is 18.2 Å². The van der Waals surface area contributed by atoms with E-state index in [2.05, 4.69) is 10.3 Å². The fraction of sp³-hybridized carbons (Fsp3) is 0.0667. The number of aromatic nitrogens is 1. The van der Waals surface area contributed by atoms with Crippen molar-refractivity contribution in [3.8, 4) is 22.1 Å². The van der Waals surface area contributed by atoms with E-state index in [1.807, 2.05) is 17.5 Å². The number of fused-ring (bicyclic) bond motifs is 1. The summed E-state index contributed by atoms with van der Waals surface area (Å²) in [4.78, 5) is 17.7. The Labute approximate surface area is 144 Å². The average molecular weight is 365 g/mol. The number of carbonyl (C=O) groups is 1. The third-order valence-corrected chi connectivity index (χ3v) is 5.20. The van der Waals surface area contributed by atoms with E-state index in [1.165, 1.54) is 22.7 Å². The Balaban J connectivity index is 1.52. The molecule has 0 spiro atoms. The number of thiazole rings is 1. The second kappa shape index (κ2) is 5.84. The van der Waals surface area contributed by atoms with E-state index in [-0.39, 0.29) is 12.7 Å². The number of ether oxygens (including phenoxy) is 2. The van der Waals surface area contributed by atoms with Crippen molar-refractivity contribution in [2.24, 2.45) is 0 Å². The highest BCUT2D eigenvalue weighted by Gasteiger charge is 2.17. The Morgan fingerprint density at radius 2 is 2.09 bits per heavy atom. The van der Waals surface area contributed by atoms with Crippen LogP contribution in [0.25, 0.3) is 10.6 Å². The van der Waals surface area contributed by atoms with Gasteiger partial charge in [-0.25, -0.2) is 4.98 Å². The summed E-state index contributed by atoms with van der Waals surface area (Å²) in [5.74, 6) is 0.978. The van der Waals surface area contributed by atoms with Gasteiger partial charge in [-0.1, -0.05) is 11.6 Å². The van der Waals surface area contributed by atoms with E-state index in [0.29, 0.717) is 26.5 Å². The van der Waals surface area contributed by atoms with Crippen LogP contribution in [0.15, 0.2) is 35.7 Å². The first kappa shape index (κ1) is 14.5. The van der Waals surface area contributed by atoms with Gasteiger partial charge in [0.15, 0.2) is 16.6 Å². The molecule has 0 aliphatic carbocycles. The molecule has 1 aromatic carbocycles. The van der Waals surface area contributed by atoms with Gasteiger partial charge in [-0.05, 0) is 30.3 Å². The molecule has 4 rings (SSSR count). The molecular weight excluding hydrogens is 356 g/mol. The Hall–Kier alpha value is -2.09. The van der Waals surface area contributed by atoms with Crippen molar-refractivity contribution >= 4 is 45.3 Å². The Morgan fingerprint density at radius 1 is 1.22 bits per heavy atom. The van der Waals surface area contributed by atoms with Gasteiger partial charge < -0.3 is 9.47 Å². The first-order valence-corrected chi connectivity index (χ1v) is 8.69. The minimum Gasteiger partial charge on any atom is -0.454 e. The third kappa shape index (κ3) is 2.90. The van der Waals surface area contributed by atoms with Crippen LogP contribution in [0, 0.1) is 0 Å². The van der Waals surface area contributed by atoms with Gasteiger partial charge in [0, 0.05) is 10.9 Å². The van der Waals surface area contributed by atoms with Gasteiger partial charge in [-0.2, -0.15) is 0 Å². The largest absolute Gasteiger partial charge is 0.454 e. The number of nitrogens with one attached hydrogen (secondary N) is 1. The van der Waals surface area contributed by atoms with Crippen LogP contribution in [0.4, 0.5) is 5.13 Å². The number of hydrogen-bond donors (Lipinski definition) is 1. The number of anilines is 1. The van der Waals surface area contributed by atoms with Gasteiger partial charge in [0.1, 0.15) is 0 Å². The zero-order chi connectivity index (χ0) is 15.8. The molecule has 5 nitrogen and oxygen atoms in total. The number of benzene rings is 1. The molecule has 1 aliphatic rings. The molecular formula is C15H9ClN2O3S2. The minimum atomic E-state index is -0.242. The lowest BCUT2D eigenvalue weighted by atomic mass is 10.2. The molecule has 3 heterocycles. The molecule has 0 fully saturated rings. The molecule has 0 saturated carbocycles. The monoisotopic (exact) mass is 364 g/mol. The van der Waals surface area contributed by atoms with Crippen molar-refractivity contribution in [3.63, 3.8) is 0 Å². The fourth-order valence-corrected chi connectivity index (χ4v) is 3.89. The molecule has 116 valence electrons. The molecule has 0 bridgehead atoms. The summed E-state index contributed by atoms with van der Waals surface area (Å²) < 4.78 is 11.2. The number of halogens is 1. The Morgan fingerprint density at radius 3 is 2.91 bits per heavy atom. The number of thiophene rings is 1. The van der Waals surface area contributed by atoms with Gasteiger partial charge in [0.2, 0.25) is 6.79 Å². The number of hydrogen-bond acceptors (Lipinski definition) is 6. The quantitative estimate of drug-likeness (QED) is 0.743. The van der Waals surface area contributed by atoms with Crippen LogP contribution in [0.1, 0.15) is 10.4 Å². The van der Waals surface area contributed by atoms with Crippen LogP contribution in [-0.2, 0) is 0 Å². The standard InChI is InChI=1S/C15H9ClN2O3S2/c16-13-4-3-12(23-13)9-6-22-15(17-9)18-14(19)8-1-2-10-11(5-8)21-7-20-10/h1-6H,7H2,(H,17,18,19). The summed E-state index contributed by atoms with van der Waals surface area (Å²) in [6, 6.07) is 8.80. The van der Waals surface area contributed by atoms with Crippen LogP contribution in [-0.4, -0.2) is 17.7 Å². The van der Waals surface area contributed by atoms with Gasteiger partial charge in [0.25, 0.3) is 5.91 Å². The van der Waals surface area contributed by atoms with Crippen LogP contribution < -0.4 is 14.8 Å². The Bertz CT molecular complexity index is 890. The summed E-state index contributed by atoms with van der Waals surface area (Å²) in [5.41, 5.74) is 1.29. The molecule has 8 heteroatoms. The van der Waals surface area contributed by atoms with Crippen LogP contribution >= 0.6 is 34.3 Å². The van der Waals surface area contributed by atoms with Crippen LogP contribution in [0.5, 0.6) is 11.5 Å². The first-order valence-electron chi connectivity index (χ1n) is 6.61. The van der Waals surface area contributed by atoms with Crippen molar-refractivity contribution in [1.82, 2.24) is 4.98 Å². The van der Waals surface area contributed by atoms with E-state index < -0.39 is 0 Å². The highest BCUT2D eigenvalue weighted by atomic mass is 35.5. The van der Waals surface area contributed by atoms with Gasteiger partial charge in [0.05, 0.1) is 14.9 Å². The summed E-state index contributed by atoms with van der Waals surface area (Å²) in [6.07, 6.45) is 0. The third-order valence-electron chi connectivity index (χ3n) is 3.19. The molecule has 1 N–H and O–H groups in total. The number of amides is 1. The average Bonchev–Trinajstić information content (AvgIpc) is 3.26. The summed E-state index contributed by atoms with van der Waals surface area (Å²) >= 11 is 8.75. The van der Waals surface area contributed by atoms with E-state index >= 15 is 0 Å². The smallest absolute Gasteiger partial charge is 0.257 e. The molecule has 0 saturated heterocycles. The minimum absolute atomic E-state index is 0.180. The van der Waals surface area contributed by atoms with E-state index in [0.717, 1.165) is 10.6 Å². The lowest BCUT2D eigenvalue weighted by Crippen LogP contribution is -2.11. The summed E-state index contributed by atoms with van der Waals surface area (Å²) in [6.45, 7) is 0.180. The first-order chi connectivity index (χ1) is 11.2. The molecule has 0 radical (unpaired) electrons. The number of carbonyl (C=O) groups excluding carboxylic acids is 1. The molecule has 1 aliphatic heterocycles. The van der Waals surface area contributed by atoms with Gasteiger partial charge in [-0.15, -0.1) is 22.7 Å². The van der Waals surface area contributed by atoms with Crippen molar-refractivity contribution in [1.29, 1.82) is 0 Å². The fourth-order valence-electron chi connectivity index (χ4n) is 2.10. The van der Waals surface area contributed by atoms with E-state index in [9.17, 15) is 4.79 Å². The van der Waals surface area contributed by atoms with Crippen LogP contribution in [0.3, 0.4) is 0 Å². The maximum Gasteiger partial charge on any atom is 0.257 e. The van der Waals surface area contributed by atoms with Crippen molar-refractivity contribution in [2.75, 3.05) is 12.1 Å². The van der Waals surface area contributed by atoms with Gasteiger partial charge in [-0.3, -0.25) is 10.1 Å². The topological polar surface area (TPSA) is 60.5 Å². The zero-order valence-electron chi connectivity index (χ0n) is 11.5. The number of rotatable bonds is 3. The second-order valence-electron chi connectivity index (χ2n) is 4.66. The SMILES string of the molecule is O=C(Nc1nc(-c2ccc(Cl)s2)cs1)c1ccc2c(c1)OCO2. The molecule has 3 aromatic rings. The van der Waals surface area contributed by atoms with Crippen molar-refractivity contribution in [2.45, 2.75) is 0 Å². The normalized spacial score (nSPS) is 12.4. The Kier molecular flexibility index (Phi) is 3.68. The maximum absolute atomic E-state index is 12.3.